The van der Waals surface area contributed by atoms with E-state index in [1.807, 2.05) is 13.8 Å². The molecule has 1 heterocycles. The van der Waals surface area contributed by atoms with Crippen molar-refractivity contribution in [2.75, 3.05) is 11.1 Å². The predicted molar refractivity (Wildman–Crippen MR) is 52.4 cm³/mol. The third-order valence-corrected chi connectivity index (χ3v) is 1.66. The Hall–Kier alpha value is -1.58. The summed E-state index contributed by atoms with van der Waals surface area (Å²) >= 11 is 0. The second kappa shape index (κ2) is 3.43. The van der Waals surface area contributed by atoms with Gasteiger partial charge in [-0.15, -0.1) is 0 Å². The number of amides is 1. The van der Waals surface area contributed by atoms with Crippen LogP contribution in [0.5, 0.6) is 0 Å². The first-order valence-corrected chi connectivity index (χ1v) is 4.02. The van der Waals surface area contributed by atoms with Crippen LogP contribution in [0.25, 0.3) is 0 Å². The van der Waals surface area contributed by atoms with E-state index in [1.54, 1.807) is 6.07 Å². The standard InChI is InChI=1S/C9H13N3O/c1-5-4-8(10)9(6(2)11-5)12-7(3)13/h4H,1-3H3,(H2,10,11)(H,12,13). The highest BCUT2D eigenvalue weighted by molar-refractivity contribution is 5.92. The number of carbonyl (C=O) groups excluding carboxylic acids is 1. The highest BCUT2D eigenvalue weighted by Gasteiger charge is 2.06. The summed E-state index contributed by atoms with van der Waals surface area (Å²) in [6.07, 6.45) is 0. The zero-order valence-electron chi connectivity index (χ0n) is 8.01. The van der Waals surface area contributed by atoms with Crippen LogP contribution in [-0.4, -0.2) is 10.9 Å². The lowest BCUT2D eigenvalue weighted by Gasteiger charge is -2.09. The van der Waals surface area contributed by atoms with E-state index in [0.717, 1.165) is 11.4 Å². The van der Waals surface area contributed by atoms with Crippen LogP contribution in [0.1, 0.15) is 18.3 Å². The fourth-order valence-electron chi connectivity index (χ4n) is 1.20. The van der Waals surface area contributed by atoms with Crippen molar-refractivity contribution in [3.63, 3.8) is 0 Å². The Morgan fingerprint density at radius 3 is 2.62 bits per heavy atom. The van der Waals surface area contributed by atoms with Gasteiger partial charge in [0.15, 0.2) is 0 Å². The molecule has 0 fully saturated rings. The molecule has 1 aromatic heterocycles. The van der Waals surface area contributed by atoms with Gasteiger partial charge in [0.1, 0.15) is 0 Å². The number of aryl methyl sites for hydroxylation is 2. The molecule has 0 bridgehead atoms. The Bertz CT molecular complexity index is 324. The number of hydrogen-bond acceptors (Lipinski definition) is 3. The molecule has 0 saturated heterocycles. The number of hydrogen-bond donors (Lipinski definition) is 2. The van der Waals surface area contributed by atoms with Crippen molar-refractivity contribution in [2.45, 2.75) is 20.8 Å². The number of nitrogens with two attached hydrogens (primary N) is 1. The average molecular weight is 179 g/mol. The maximum Gasteiger partial charge on any atom is 0.221 e. The number of nitrogens with zero attached hydrogens (tertiary/aromatic N) is 1. The van der Waals surface area contributed by atoms with Crippen molar-refractivity contribution in [1.82, 2.24) is 4.98 Å². The van der Waals surface area contributed by atoms with Gasteiger partial charge in [-0.05, 0) is 19.9 Å². The van der Waals surface area contributed by atoms with Gasteiger partial charge in [0.2, 0.25) is 5.91 Å². The summed E-state index contributed by atoms with van der Waals surface area (Å²) in [5, 5.41) is 2.64. The zero-order valence-corrected chi connectivity index (χ0v) is 8.01. The Labute approximate surface area is 77.2 Å². The van der Waals surface area contributed by atoms with Crippen molar-refractivity contribution in [3.8, 4) is 0 Å². The maximum absolute atomic E-state index is 10.8. The lowest BCUT2D eigenvalue weighted by molar-refractivity contribution is -0.114. The molecule has 0 atom stereocenters. The molecule has 1 amide bonds. The van der Waals surface area contributed by atoms with E-state index in [0.29, 0.717) is 11.4 Å². The van der Waals surface area contributed by atoms with E-state index in [9.17, 15) is 4.79 Å². The number of nitrogen functional groups attached to an aromatic ring is 1. The molecule has 0 aliphatic carbocycles. The molecule has 0 aliphatic rings. The molecule has 0 saturated carbocycles. The first kappa shape index (κ1) is 9.51. The molecule has 0 aliphatic heterocycles. The minimum atomic E-state index is -0.138. The second-order valence-corrected chi connectivity index (χ2v) is 2.99. The second-order valence-electron chi connectivity index (χ2n) is 2.99. The Morgan fingerprint density at radius 1 is 1.54 bits per heavy atom. The minimum absolute atomic E-state index is 0.138. The molecule has 0 spiro atoms. The van der Waals surface area contributed by atoms with Crippen molar-refractivity contribution >= 4 is 17.3 Å². The molecule has 0 aromatic carbocycles. The van der Waals surface area contributed by atoms with E-state index < -0.39 is 0 Å². The van der Waals surface area contributed by atoms with Crippen LogP contribution in [0.2, 0.25) is 0 Å². The summed E-state index contributed by atoms with van der Waals surface area (Å²) in [6.45, 7) is 5.12. The SMILES string of the molecule is CC(=O)Nc1c(N)cc(C)nc1C. The summed E-state index contributed by atoms with van der Waals surface area (Å²) in [7, 11) is 0. The molecular formula is C9H13N3O. The summed E-state index contributed by atoms with van der Waals surface area (Å²) < 4.78 is 0. The number of pyridine rings is 1. The summed E-state index contributed by atoms with van der Waals surface area (Å²) in [4.78, 5) is 15.0. The molecule has 1 rings (SSSR count). The third kappa shape index (κ3) is 2.18. The molecule has 0 radical (unpaired) electrons. The van der Waals surface area contributed by atoms with Crippen LogP contribution in [-0.2, 0) is 4.79 Å². The van der Waals surface area contributed by atoms with Crippen LogP contribution in [0.4, 0.5) is 11.4 Å². The Kier molecular flexibility index (Phi) is 2.51. The molecular weight excluding hydrogens is 166 g/mol. The van der Waals surface area contributed by atoms with E-state index in [4.69, 9.17) is 5.73 Å². The van der Waals surface area contributed by atoms with Gasteiger partial charge in [-0.1, -0.05) is 0 Å². The van der Waals surface area contributed by atoms with E-state index in [-0.39, 0.29) is 5.91 Å². The summed E-state index contributed by atoms with van der Waals surface area (Å²) in [6, 6.07) is 1.73. The van der Waals surface area contributed by atoms with Gasteiger partial charge < -0.3 is 11.1 Å². The molecule has 3 N–H and O–H groups in total. The number of aromatic nitrogens is 1. The number of nitrogens with one attached hydrogen (secondary N) is 1. The smallest absolute Gasteiger partial charge is 0.221 e. The highest BCUT2D eigenvalue weighted by atomic mass is 16.1. The molecule has 70 valence electrons. The first-order chi connectivity index (χ1) is 6.00. The lowest BCUT2D eigenvalue weighted by Crippen LogP contribution is -2.10. The van der Waals surface area contributed by atoms with Gasteiger partial charge in [-0.25, -0.2) is 0 Å². The Morgan fingerprint density at radius 2 is 2.15 bits per heavy atom. The van der Waals surface area contributed by atoms with Crippen LogP contribution >= 0.6 is 0 Å². The lowest BCUT2D eigenvalue weighted by atomic mass is 10.2. The van der Waals surface area contributed by atoms with E-state index >= 15 is 0 Å². The van der Waals surface area contributed by atoms with Gasteiger partial charge in [0, 0.05) is 12.6 Å². The molecule has 0 unspecified atom stereocenters. The van der Waals surface area contributed by atoms with Crippen LogP contribution in [0, 0.1) is 13.8 Å². The number of anilines is 2. The van der Waals surface area contributed by atoms with E-state index in [1.165, 1.54) is 6.92 Å². The first-order valence-electron chi connectivity index (χ1n) is 4.02. The molecule has 4 nitrogen and oxygen atoms in total. The largest absolute Gasteiger partial charge is 0.397 e. The number of carbonyl (C=O) groups is 1. The van der Waals surface area contributed by atoms with Gasteiger partial charge in [0.05, 0.1) is 17.1 Å². The summed E-state index contributed by atoms with van der Waals surface area (Å²) in [5.41, 5.74) is 8.48. The highest BCUT2D eigenvalue weighted by Crippen LogP contribution is 2.21. The quantitative estimate of drug-likeness (QED) is 0.681. The van der Waals surface area contributed by atoms with Gasteiger partial charge in [-0.2, -0.15) is 0 Å². The van der Waals surface area contributed by atoms with E-state index in [2.05, 4.69) is 10.3 Å². The third-order valence-electron chi connectivity index (χ3n) is 1.66. The number of rotatable bonds is 1. The van der Waals surface area contributed by atoms with Crippen molar-refractivity contribution in [2.24, 2.45) is 0 Å². The van der Waals surface area contributed by atoms with Gasteiger partial charge in [-0.3, -0.25) is 9.78 Å². The summed E-state index contributed by atoms with van der Waals surface area (Å²) in [5.74, 6) is -0.138. The van der Waals surface area contributed by atoms with Crippen molar-refractivity contribution in [1.29, 1.82) is 0 Å². The van der Waals surface area contributed by atoms with Crippen LogP contribution < -0.4 is 11.1 Å². The molecule has 1 aromatic rings. The van der Waals surface area contributed by atoms with Crippen molar-refractivity contribution < 1.29 is 4.79 Å². The average Bonchev–Trinajstić information content (AvgIpc) is 1.96. The normalized spacial score (nSPS) is 9.77. The maximum atomic E-state index is 10.8. The zero-order chi connectivity index (χ0) is 10.0. The monoisotopic (exact) mass is 179 g/mol. The van der Waals surface area contributed by atoms with Crippen LogP contribution in [0.15, 0.2) is 6.07 Å². The molecule has 4 heteroatoms. The molecule has 13 heavy (non-hydrogen) atoms. The topological polar surface area (TPSA) is 68.0 Å². The van der Waals surface area contributed by atoms with Gasteiger partial charge in [0.25, 0.3) is 0 Å². The predicted octanol–water partition coefficient (Wildman–Crippen LogP) is 1.24. The van der Waals surface area contributed by atoms with Crippen molar-refractivity contribution in [3.05, 3.63) is 17.5 Å². The minimum Gasteiger partial charge on any atom is -0.397 e. The van der Waals surface area contributed by atoms with Gasteiger partial charge >= 0.3 is 0 Å². The van der Waals surface area contributed by atoms with Crippen LogP contribution in [0.3, 0.4) is 0 Å². The fraction of sp³-hybridized carbons (Fsp3) is 0.333. The fourth-order valence-corrected chi connectivity index (χ4v) is 1.20. The Balaban J connectivity index is 3.13.